The minimum Gasteiger partial charge on any atom is -0.457 e. The molecule has 0 aliphatic carbocycles. The minimum atomic E-state index is -0.407. The molecule has 0 spiro atoms. The normalized spacial score (nSPS) is 11.3. The fraction of sp³-hybridized carbons (Fsp3) is 0.208. The highest BCUT2D eigenvalue weighted by atomic mass is 16.5. The van der Waals surface area contributed by atoms with Crippen molar-refractivity contribution in [2.45, 2.75) is 26.4 Å². The average Bonchev–Trinajstić information content (AvgIpc) is 3.48. The Morgan fingerprint density at radius 1 is 1.09 bits per heavy atom. The molecule has 0 aliphatic heterocycles. The molecule has 3 aromatic heterocycles. The number of hydrogen-bond donors (Lipinski definition) is 0. The lowest BCUT2D eigenvalue weighted by Gasteiger charge is -2.08. The summed E-state index contributed by atoms with van der Waals surface area (Å²) >= 11 is 0. The van der Waals surface area contributed by atoms with Crippen molar-refractivity contribution in [3.8, 4) is 11.3 Å². The van der Waals surface area contributed by atoms with E-state index in [0.29, 0.717) is 40.6 Å². The van der Waals surface area contributed by atoms with Crippen LogP contribution in [-0.4, -0.2) is 30.1 Å². The van der Waals surface area contributed by atoms with Crippen LogP contribution in [0.5, 0.6) is 0 Å². The van der Waals surface area contributed by atoms with Crippen molar-refractivity contribution in [2.24, 2.45) is 7.05 Å². The van der Waals surface area contributed by atoms with Gasteiger partial charge < -0.3 is 9.15 Å². The van der Waals surface area contributed by atoms with E-state index in [0.717, 1.165) is 11.1 Å². The number of rotatable bonds is 6. The Labute approximate surface area is 188 Å². The Balaban J connectivity index is 1.27. The van der Waals surface area contributed by atoms with Gasteiger partial charge in [-0.15, -0.1) is 10.2 Å². The second kappa shape index (κ2) is 8.34. The van der Waals surface area contributed by atoms with Crippen molar-refractivity contribution < 1.29 is 13.9 Å². The first-order chi connectivity index (χ1) is 16.0. The van der Waals surface area contributed by atoms with Crippen molar-refractivity contribution in [3.05, 3.63) is 82.4 Å². The number of para-hydroxylation sites is 1. The number of hydrogen-bond acceptors (Lipinski definition) is 7. The molecule has 0 atom stereocenters. The van der Waals surface area contributed by atoms with E-state index in [2.05, 4.69) is 15.2 Å². The van der Waals surface area contributed by atoms with E-state index in [1.807, 2.05) is 43.3 Å². The number of oxazole rings is 1. The van der Waals surface area contributed by atoms with Crippen LogP contribution in [0.2, 0.25) is 0 Å². The van der Waals surface area contributed by atoms with Crippen molar-refractivity contribution in [1.82, 2.24) is 24.1 Å². The van der Waals surface area contributed by atoms with E-state index in [9.17, 15) is 9.59 Å². The molecular weight excluding hydrogens is 422 g/mol. The summed E-state index contributed by atoms with van der Waals surface area (Å²) in [7, 11) is 1.63. The van der Waals surface area contributed by atoms with Gasteiger partial charge in [-0.3, -0.25) is 18.6 Å². The van der Waals surface area contributed by atoms with E-state index < -0.39 is 5.97 Å². The first kappa shape index (κ1) is 20.6. The van der Waals surface area contributed by atoms with Crippen LogP contribution in [0.3, 0.4) is 0 Å². The zero-order chi connectivity index (χ0) is 22.9. The maximum absolute atomic E-state index is 12.5. The summed E-state index contributed by atoms with van der Waals surface area (Å²) in [6, 6.07) is 15.1. The van der Waals surface area contributed by atoms with E-state index in [4.69, 9.17) is 9.15 Å². The smallest absolute Gasteiger partial charge is 0.306 e. The fourth-order valence-corrected chi connectivity index (χ4v) is 3.69. The van der Waals surface area contributed by atoms with Gasteiger partial charge in [0, 0.05) is 19.0 Å². The number of esters is 1. The molecule has 166 valence electrons. The third kappa shape index (κ3) is 3.89. The number of ether oxygens (including phenoxy) is 1. The Hall–Kier alpha value is -4.27. The maximum Gasteiger partial charge on any atom is 0.306 e. The number of carbonyl (C=O) groups is 1. The summed E-state index contributed by atoms with van der Waals surface area (Å²) in [6.45, 7) is 1.95. The standard InChI is InChI=1S/C24H21N5O4/c1-15-7-9-16(10-8-15)19-13-25-21(33-19)11-12-22(30)32-14-20-26-27-24-28(2)23(31)17-5-3-4-6-18(17)29(20)24/h3-10,13H,11-12,14H2,1-2H3. The number of benzene rings is 2. The number of aromatic nitrogens is 5. The molecule has 0 unspecified atom stereocenters. The summed E-state index contributed by atoms with van der Waals surface area (Å²) in [5, 5.41) is 8.76. The summed E-state index contributed by atoms with van der Waals surface area (Å²) in [5.74, 6) is 1.54. The SMILES string of the molecule is Cc1ccc(-c2cnc(CCC(=O)OCc3nnc4n(C)c(=O)c5ccccc5n34)o2)cc1. The molecule has 0 saturated carbocycles. The number of carbonyl (C=O) groups excluding carboxylic acids is 1. The van der Waals surface area contributed by atoms with Gasteiger partial charge in [-0.1, -0.05) is 42.0 Å². The molecule has 9 nitrogen and oxygen atoms in total. The lowest BCUT2D eigenvalue weighted by molar-refractivity contribution is -0.145. The maximum atomic E-state index is 12.5. The van der Waals surface area contributed by atoms with Crippen LogP contribution >= 0.6 is 0 Å². The largest absolute Gasteiger partial charge is 0.457 e. The summed E-state index contributed by atoms with van der Waals surface area (Å²) in [6.07, 6.45) is 2.09. The van der Waals surface area contributed by atoms with E-state index in [-0.39, 0.29) is 18.6 Å². The minimum absolute atomic E-state index is 0.0671. The molecule has 0 saturated heterocycles. The molecule has 33 heavy (non-hydrogen) atoms. The molecule has 3 heterocycles. The highest BCUT2D eigenvalue weighted by molar-refractivity contribution is 5.80. The van der Waals surface area contributed by atoms with Crippen molar-refractivity contribution in [3.63, 3.8) is 0 Å². The van der Waals surface area contributed by atoms with E-state index in [1.165, 1.54) is 4.57 Å². The molecule has 9 heteroatoms. The Morgan fingerprint density at radius 2 is 1.88 bits per heavy atom. The van der Waals surface area contributed by atoms with Crippen LogP contribution < -0.4 is 5.56 Å². The Bertz CT molecular complexity index is 1530. The quantitative estimate of drug-likeness (QED) is 0.371. The van der Waals surface area contributed by atoms with E-state index >= 15 is 0 Å². The molecule has 0 bridgehead atoms. The molecule has 0 N–H and O–H groups in total. The molecule has 0 aliphatic rings. The Kier molecular flexibility index (Phi) is 5.21. The Morgan fingerprint density at radius 3 is 2.70 bits per heavy atom. The first-order valence-corrected chi connectivity index (χ1v) is 10.5. The molecule has 5 aromatic rings. The number of nitrogens with zero attached hydrogens (tertiary/aromatic N) is 5. The van der Waals surface area contributed by atoms with Gasteiger partial charge in [-0.05, 0) is 19.1 Å². The van der Waals surface area contributed by atoms with Crippen LogP contribution in [0, 0.1) is 6.92 Å². The molecular formula is C24H21N5O4. The average molecular weight is 443 g/mol. The second-order valence-electron chi connectivity index (χ2n) is 7.78. The van der Waals surface area contributed by atoms with Crippen molar-refractivity contribution in [2.75, 3.05) is 0 Å². The van der Waals surface area contributed by atoms with Gasteiger partial charge in [0.2, 0.25) is 5.78 Å². The van der Waals surface area contributed by atoms with Crippen molar-refractivity contribution in [1.29, 1.82) is 0 Å². The van der Waals surface area contributed by atoms with Crippen molar-refractivity contribution >= 4 is 22.6 Å². The topological polar surface area (TPSA) is 105 Å². The summed E-state index contributed by atoms with van der Waals surface area (Å²) in [4.78, 5) is 29.1. The van der Waals surface area contributed by atoms with Gasteiger partial charge in [0.15, 0.2) is 24.1 Å². The van der Waals surface area contributed by atoms with Gasteiger partial charge in [0.05, 0.1) is 23.5 Å². The summed E-state index contributed by atoms with van der Waals surface area (Å²) in [5.41, 5.74) is 2.60. The third-order valence-corrected chi connectivity index (χ3v) is 5.49. The number of aryl methyl sites for hydroxylation is 3. The van der Waals surface area contributed by atoms with E-state index in [1.54, 1.807) is 29.8 Å². The first-order valence-electron chi connectivity index (χ1n) is 10.5. The van der Waals surface area contributed by atoms with Crippen LogP contribution in [0.1, 0.15) is 23.7 Å². The van der Waals surface area contributed by atoms with Gasteiger partial charge in [0.1, 0.15) is 0 Å². The van der Waals surface area contributed by atoms with Crippen LogP contribution in [0.25, 0.3) is 28.0 Å². The second-order valence-corrected chi connectivity index (χ2v) is 7.78. The van der Waals surface area contributed by atoms with Crippen LogP contribution in [0.4, 0.5) is 0 Å². The lowest BCUT2D eigenvalue weighted by atomic mass is 10.1. The molecule has 2 aromatic carbocycles. The zero-order valence-electron chi connectivity index (χ0n) is 18.2. The predicted molar refractivity (Wildman–Crippen MR) is 121 cm³/mol. The third-order valence-electron chi connectivity index (χ3n) is 5.49. The number of fused-ring (bicyclic) bond motifs is 3. The molecule has 0 fully saturated rings. The fourth-order valence-electron chi connectivity index (χ4n) is 3.69. The van der Waals surface area contributed by atoms with Crippen LogP contribution in [-0.2, 0) is 29.6 Å². The van der Waals surface area contributed by atoms with Gasteiger partial charge in [0.25, 0.3) is 5.56 Å². The predicted octanol–water partition coefficient (Wildman–Crippen LogP) is 3.22. The monoisotopic (exact) mass is 443 g/mol. The van der Waals surface area contributed by atoms with Gasteiger partial charge in [-0.25, -0.2) is 4.98 Å². The lowest BCUT2D eigenvalue weighted by Crippen LogP contribution is -2.20. The highest BCUT2D eigenvalue weighted by Gasteiger charge is 2.16. The molecule has 0 amide bonds. The van der Waals surface area contributed by atoms with Crippen LogP contribution in [0.15, 0.2) is 63.9 Å². The molecule has 5 rings (SSSR count). The van der Waals surface area contributed by atoms with Gasteiger partial charge in [-0.2, -0.15) is 0 Å². The summed E-state index contributed by atoms with van der Waals surface area (Å²) < 4.78 is 14.3. The zero-order valence-corrected chi connectivity index (χ0v) is 18.2. The highest BCUT2D eigenvalue weighted by Crippen LogP contribution is 2.21. The molecule has 0 radical (unpaired) electrons. The van der Waals surface area contributed by atoms with Gasteiger partial charge >= 0.3 is 5.97 Å².